The van der Waals surface area contributed by atoms with Gasteiger partial charge in [0.1, 0.15) is 5.76 Å². The SMILES string of the molecule is COP(=O)(Cc1c(C)oc2c(NC(=O)c3c(Cl)cccc3Cl)cccc12)OC. The number of nitrogens with one attached hydrogen (secondary N) is 1. The smallest absolute Gasteiger partial charge is 0.334 e. The van der Waals surface area contributed by atoms with Crippen LogP contribution in [-0.2, 0) is 19.8 Å². The summed E-state index contributed by atoms with van der Waals surface area (Å²) in [6.45, 7) is 1.75. The third-order valence-corrected chi connectivity index (χ3v) is 6.81. The molecule has 0 aliphatic carbocycles. The third-order valence-electron chi connectivity index (χ3n) is 4.37. The second-order valence-electron chi connectivity index (χ2n) is 6.00. The van der Waals surface area contributed by atoms with E-state index < -0.39 is 13.5 Å². The minimum Gasteiger partial charge on any atom is -0.459 e. The van der Waals surface area contributed by atoms with Crippen molar-refractivity contribution in [1.29, 1.82) is 0 Å². The Balaban J connectivity index is 2.01. The Morgan fingerprint density at radius 3 is 2.32 bits per heavy atom. The lowest BCUT2D eigenvalue weighted by Crippen LogP contribution is -2.13. The van der Waals surface area contributed by atoms with Crippen LogP contribution in [0.25, 0.3) is 11.0 Å². The van der Waals surface area contributed by atoms with E-state index in [1.807, 2.05) is 6.07 Å². The number of aryl methyl sites for hydroxylation is 1. The van der Waals surface area contributed by atoms with Crippen molar-refractivity contribution < 1.29 is 22.8 Å². The summed E-state index contributed by atoms with van der Waals surface area (Å²) in [6, 6.07) is 10.1. The number of carbonyl (C=O) groups excluding carboxylic acids is 1. The van der Waals surface area contributed by atoms with E-state index in [-0.39, 0.29) is 21.8 Å². The van der Waals surface area contributed by atoms with Crippen molar-refractivity contribution in [3.63, 3.8) is 0 Å². The fourth-order valence-electron chi connectivity index (χ4n) is 2.88. The van der Waals surface area contributed by atoms with Gasteiger partial charge >= 0.3 is 7.60 Å². The maximum atomic E-state index is 12.7. The molecule has 1 amide bonds. The first-order valence-corrected chi connectivity index (χ1v) is 10.7. The normalized spacial score (nSPS) is 11.8. The molecule has 0 radical (unpaired) electrons. The molecule has 1 heterocycles. The molecular weight excluding hydrogens is 424 g/mol. The number of para-hydroxylation sites is 1. The number of hydrogen-bond acceptors (Lipinski definition) is 5. The first-order valence-electron chi connectivity index (χ1n) is 8.26. The number of rotatable bonds is 6. The fourth-order valence-corrected chi connectivity index (χ4v) is 4.64. The van der Waals surface area contributed by atoms with Crippen LogP contribution in [0, 0.1) is 6.92 Å². The summed E-state index contributed by atoms with van der Waals surface area (Å²) >= 11 is 12.2. The van der Waals surface area contributed by atoms with Gasteiger partial charge < -0.3 is 18.8 Å². The molecule has 2 aromatic carbocycles. The molecular formula is C19H18Cl2NO5P. The van der Waals surface area contributed by atoms with Crippen molar-refractivity contribution in [1.82, 2.24) is 0 Å². The van der Waals surface area contributed by atoms with Gasteiger partial charge in [-0.1, -0.05) is 41.4 Å². The zero-order valence-electron chi connectivity index (χ0n) is 15.4. The van der Waals surface area contributed by atoms with Crippen molar-refractivity contribution in [3.8, 4) is 0 Å². The number of benzene rings is 2. The molecule has 0 aliphatic heterocycles. The van der Waals surface area contributed by atoms with Gasteiger partial charge in [-0.25, -0.2) is 0 Å². The molecule has 28 heavy (non-hydrogen) atoms. The van der Waals surface area contributed by atoms with Crippen LogP contribution in [0.3, 0.4) is 0 Å². The Morgan fingerprint density at radius 2 is 1.71 bits per heavy atom. The van der Waals surface area contributed by atoms with Crippen LogP contribution in [0.15, 0.2) is 40.8 Å². The number of furan rings is 1. The molecule has 0 bridgehead atoms. The van der Waals surface area contributed by atoms with Crippen molar-refractivity contribution >= 4 is 53.4 Å². The van der Waals surface area contributed by atoms with Crippen molar-refractivity contribution in [3.05, 3.63) is 63.3 Å². The summed E-state index contributed by atoms with van der Waals surface area (Å²) in [5, 5.41) is 3.97. The lowest BCUT2D eigenvalue weighted by Gasteiger charge is -2.13. The van der Waals surface area contributed by atoms with Crippen molar-refractivity contribution in [2.75, 3.05) is 19.5 Å². The average Bonchev–Trinajstić information content (AvgIpc) is 2.98. The summed E-state index contributed by atoms with van der Waals surface area (Å²) in [5.41, 5.74) is 1.76. The zero-order chi connectivity index (χ0) is 20.5. The maximum Gasteiger partial charge on any atom is 0.334 e. The van der Waals surface area contributed by atoms with E-state index in [1.54, 1.807) is 37.3 Å². The number of amides is 1. The zero-order valence-corrected chi connectivity index (χ0v) is 17.8. The highest BCUT2D eigenvalue weighted by Crippen LogP contribution is 2.51. The van der Waals surface area contributed by atoms with Crippen LogP contribution in [0.2, 0.25) is 10.0 Å². The van der Waals surface area contributed by atoms with Crippen molar-refractivity contribution in [2.45, 2.75) is 13.1 Å². The van der Waals surface area contributed by atoms with E-state index in [4.69, 9.17) is 36.7 Å². The van der Waals surface area contributed by atoms with Gasteiger partial charge in [0.25, 0.3) is 5.91 Å². The predicted molar refractivity (Wildman–Crippen MR) is 111 cm³/mol. The minimum atomic E-state index is -3.29. The second-order valence-corrected chi connectivity index (χ2v) is 9.09. The first-order chi connectivity index (χ1) is 13.3. The molecule has 3 rings (SSSR count). The molecule has 0 saturated heterocycles. The molecule has 0 saturated carbocycles. The number of hydrogen-bond donors (Lipinski definition) is 1. The summed E-state index contributed by atoms with van der Waals surface area (Å²) < 4.78 is 28.5. The largest absolute Gasteiger partial charge is 0.459 e. The van der Waals surface area contributed by atoms with Crippen LogP contribution < -0.4 is 5.32 Å². The lowest BCUT2D eigenvalue weighted by atomic mass is 10.1. The van der Waals surface area contributed by atoms with Gasteiger partial charge in [0, 0.05) is 25.2 Å². The first kappa shape index (κ1) is 20.9. The van der Waals surface area contributed by atoms with E-state index in [0.29, 0.717) is 28.0 Å². The highest BCUT2D eigenvalue weighted by atomic mass is 35.5. The molecule has 0 aliphatic rings. The number of carbonyl (C=O) groups is 1. The minimum absolute atomic E-state index is 0.0482. The molecule has 148 valence electrons. The van der Waals surface area contributed by atoms with E-state index in [0.717, 1.165) is 0 Å². The van der Waals surface area contributed by atoms with Gasteiger partial charge in [-0.15, -0.1) is 0 Å². The van der Waals surface area contributed by atoms with Crippen LogP contribution in [0.1, 0.15) is 21.7 Å². The van der Waals surface area contributed by atoms with Crippen LogP contribution in [0.5, 0.6) is 0 Å². The Labute approximate surface area is 172 Å². The highest BCUT2D eigenvalue weighted by Gasteiger charge is 2.27. The molecule has 0 atom stereocenters. The van der Waals surface area contributed by atoms with Gasteiger partial charge in [0.2, 0.25) is 0 Å². The lowest BCUT2D eigenvalue weighted by molar-refractivity contribution is 0.102. The monoisotopic (exact) mass is 441 g/mol. The number of anilines is 1. The second kappa shape index (κ2) is 8.27. The summed E-state index contributed by atoms with van der Waals surface area (Å²) in [6.07, 6.45) is 0.0482. The van der Waals surface area contributed by atoms with Gasteiger partial charge in [0.05, 0.1) is 27.5 Å². The van der Waals surface area contributed by atoms with Gasteiger partial charge in [-0.3, -0.25) is 9.36 Å². The molecule has 0 fully saturated rings. The molecule has 3 aromatic rings. The molecule has 1 N–H and O–H groups in total. The quantitative estimate of drug-likeness (QED) is 0.455. The van der Waals surface area contributed by atoms with E-state index in [2.05, 4.69) is 5.32 Å². The fraction of sp³-hybridized carbons (Fsp3) is 0.211. The molecule has 6 nitrogen and oxygen atoms in total. The number of halogens is 2. The van der Waals surface area contributed by atoms with E-state index in [1.165, 1.54) is 14.2 Å². The molecule has 1 aromatic heterocycles. The molecule has 0 spiro atoms. The Bertz CT molecular complexity index is 1070. The maximum absolute atomic E-state index is 12.7. The highest BCUT2D eigenvalue weighted by molar-refractivity contribution is 7.53. The summed E-state index contributed by atoms with van der Waals surface area (Å²) in [7, 11) is -0.619. The third kappa shape index (κ3) is 3.97. The molecule has 0 unspecified atom stereocenters. The summed E-state index contributed by atoms with van der Waals surface area (Å²) in [4.78, 5) is 12.7. The summed E-state index contributed by atoms with van der Waals surface area (Å²) in [5.74, 6) is 0.0972. The Kier molecular flexibility index (Phi) is 6.18. The number of fused-ring (bicyclic) bond motifs is 1. The van der Waals surface area contributed by atoms with Gasteiger partial charge in [-0.2, -0.15) is 0 Å². The molecule has 9 heteroatoms. The topological polar surface area (TPSA) is 77.8 Å². The standard InChI is InChI=1S/C19H18Cl2NO5P/c1-11-13(10-28(24,25-2)26-3)12-6-4-9-16(18(12)27-11)22-19(23)17-14(20)7-5-8-15(17)21/h4-9H,10H2,1-3H3,(H,22,23). The Hall–Kier alpha value is -1.82. The van der Waals surface area contributed by atoms with Crippen LogP contribution >= 0.6 is 30.8 Å². The van der Waals surface area contributed by atoms with E-state index >= 15 is 0 Å². The predicted octanol–water partition coefficient (Wildman–Crippen LogP) is 6.29. The van der Waals surface area contributed by atoms with Crippen LogP contribution in [-0.4, -0.2) is 20.1 Å². The Morgan fingerprint density at radius 1 is 1.11 bits per heavy atom. The van der Waals surface area contributed by atoms with Gasteiger partial charge in [-0.05, 0) is 25.1 Å². The van der Waals surface area contributed by atoms with Crippen molar-refractivity contribution in [2.24, 2.45) is 0 Å². The van der Waals surface area contributed by atoms with E-state index in [9.17, 15) is 9.36 Å². The van der Waals surface area contributed by atoms with Gasteiger partial charge in [0.15, 0.2) is 5.58 Å². The van der Waals surface area contributed by atoms with Crippen LogP contribution in [0.4, 0.5) is 5.69 Å². The average molecular weight is 442 g/mol.